The zero-order valence-corrected chi connectivity index (χ0v) is 17.7. The van der Waals surface area contributed by atoms with E-state index in [1.54, 1.807) is 0 Å². The Morgan fingerprint density at radius 2 is 1.87 bits per heavy atom. The maximum absolute atomic E-state index is 12.2. The summed E-state index contributed by atoms with van der Waals surface area (Å²) in [5, 5.41) is 0.899. The molecule has 1 aromatic heterocycles. The van der Waals surface area contributed by atoms with Crippen molar-refractivity contribution >= 4 is 28.5 Å². The molecule has 0 spiro atoms. The number of aryl methyl sites for hydroxylation is 2. The number of carbonyl (C=O) groups is 2. The Balaban J connectivity index is 1.76. The molecular weight excluding hydrogens is 390 g/mol. The molecule has 0 radical (unpaired) electrons. The summed E-state index contributed by atoms with van der Waals surface area (Å²) in [4.78, 5) is 36.7. The van der Waals surface area contributed by atoms with Crippen LogP contribution in [0.4, 0.5) is 5.82 Å². The second kappa shape index (κ2) is 8.18. The van der Waals surface area contributed by atoms with Gasteiger partial charge < -0.3 is 15.5 Å². The van der Waals surface area contributed by atoms with Crippen molar-refractivity contribution in [3.8, 4) is 11.1 Å². The second-order valence-electron chi connectivity index (χ2n) is 7.85. The van der Waals surface area contributed by atoms with Crippen molar-refractivity contribution in [3.05, 3.63) is 66.5 Å². The van der Waals surface area contributed by atoms with Gasteiger partial charge in [-0.25, -0.2) is 9.97 Å². The van der Waals surface area contributed by atoms with Gasteiger partial charge in [0.2, 0.25) is 11.8 Å². The predicted molar refractivity (Wildman–Crippen MR) is 122 cm³/mol. The number of fused-ring (bicyclic) bond motifs is 1. The van der Waals surface area contributed by atoms with E-state index in [0.29, 0.717) is 13.1 Å². The number of rotatable bonds is 4. The Kier molecular flexibility index (Phi) is 5.42. The first-order valence-corrected chi connectivity index (χ1v) is 10.2. The number of anilines is 1. The highest BCUT2D eigenvalue weighted by Gasteiger charge is 2.34. The molecule has 158 valence electrons. The van der Waals surface area contributed by atoms with Gasteiger partial charge in [0.1, 0.15) is 18.2 Å². The van der Waals surface area contributed by atoms with E-state index < -0.39 is 11.9 Å². The zero-order valence-electron chi connectivity index (χ0n) is 17.7. The maximum Gasteiger partial charge on any atom is 0.246 e. The highest BCUT2D eigenvalue weighted by Crippen LogP contribution is 2.32. The number of nitrogens with two attached hydrogens (primary N) is 1. The molecule has 1 aliphatic rings. The average molecular weight is 415 g/mol. The number of hydrogen-bond acceptors (Lipinski definition) is 5. The van der Waals surface area contributed by atoms with E-state index in [2.05, 4.69) is 66.8 Å². The van der Waals surface area contributed by atoms with Gasteiger partial charge in [-0.3, -0.25) is 9.59 Å². The van der Waals surface area contributed by atoms with Crippen LogP contribution in [0.5, 0.6) is 0 Å². The number of nitrogens with zero attached hydrogens (tertiary/aromatic N) is 4. The SMILES string of the molecule is C=CC(=O)N1CCN(c2ncnc3cc(C)c(-c4ccc(C)cc4)cc23)C[C@@H]1C(N)=O. The van der Waals surface area contributed by atoms with E-state index in [-0.39, 0.29) is 12.5 Å². The molecule has 0 unspecified atom stereocenters. The van der Waals surface area contributed by atoms with Gasteiger partial charge in [0.15, 0.2) is 0 Å². The number of piperazine rings is 1. The minimum absolute atomic E-state index is 0.273. The first-order chi connectivity index (χ1) is 14.9. The van der Waals surface area contributed by atoms with Gasteiger partial charge in [-0.15, -0.1) is 0 Å². The van der Waals surface area contributed by atoms with Crippen molar-refractivity contribution < 1.29 is 9.59 Å². The van der Waals surface area contributed by atoms with Crippen molar-refractivity contribution in [2.45, 2.75) is 19.9 Å². The van der Waals surface area contributed by atoms with Gasteiger partial charge >= 0.3 is 0 Å². The Morgan fingerprint density at radius 1 is 1.13 bits per heavy atom. The summed E-state index contributed by atoms with van der Waals surface area (Å²) in [5.74, 6) is -0.113. The van der Waals surface area contributed by atoms with Gasteiger partial charge in [-0.05, 0) is 48.7 Å². The lowest BCUT2D eigenvalue weighted by atomic mass is 9.97. The third-order valence-corrected chi connectivity index (χ3v) is 5.79. The molecule has 7 heteroatoms. The fourth-order valence-electron chi connectivity index (χ4n) is 4.09. The number of benzene rings is 2. The molecule has 1 atom stereocenters. The number of amides is 2. The fourth-order valence-corrected chi connectivity index (χ4v) is 4.09. The summed E-state index contributed by atoms with van der Waals surface area (Å²) < 4.78 is 0. The van der Waals surface area contributed by atoms with Crippen LogP contribution in [0, 0.1) is 13.8 Å². The third-order valence-electron chi connectivity index (χ3n) is 5.79. The van der Waals surface area contributed by atoms with Crippen LogP contribution in [0.1, 0.15) is 11.1 Å². The van der Waals surface area contributed by atoms with Gasteiger partial charge in [0.05, 0.1) is 5.52 Å². The molecule has 7 nitrogen and oxygen atoms in total. The van der Waals surface area contributed by atoms with Gasteiger partial charge in [0.25, 0.3) is 0 Å². The van der Waals surface area contributed by atoms with E-state index in [1.165, 1.54) is 22.9 Å². The highest BCUT2D eigenvalue weighted by atomic mass is 16.2. The number of aromatic nitrogens is 2. The second-order valence-corrected chi connectivity index (χ2v) is 7.85. The molecular formula is C24H25N5O2. The lowest BCUT2D eigenvalue weighted by molar-refractivity contribution is -0.136. The molecule has 1 fully saturated rings. The Morgan fingerprint density at radius 3 is 2.55 bits per heavy atom. The predicted octanol–water partition coefficient (Wildman–Crippen LogP) is 2.60. The van der Waals surface area contributed by atoms with E-state index in [1.807, 2.05) is 4.90 Å². The maximum atomic E-state index is 12.2. The van der Waals surface area contributed by atoms with Crippen molar-refractivity contribution in [2.75, 3.05) is 24.5 Å². The van der Waals surface area contributed by atoms with Gasteiger partial charge in [-0.1, -0.05) is 36.4 Å². The van der Waals surface area contributed by atoms with Crippen LogP contribution in [-0.2, 0) is 9.59 Å². The normalized spacial score (nSPS) is 16.4. The molecule has 1 aliphatic heterocycles. The van der Waals surface area contributed by atoms with Crippen LogP contribution >= 0.6 is 0 Å². The van der Waals surface area contributed by atoms with Crippen molar-refractivity contribution in [2.24, 2.45) is 5.73 Å². The summed E-state index contributed by atoms with van der Waals surface area (Å²) in [6, 6.07) is 11.8. The van der Waals surface area contributed by atoms with E-state index >= 15 is 0 Å². The largest absolute Gasteiger partial charge is 0.368 e. The van der Waals surface area contributed by atoms with Crippen LogP contribution in [0.2, 0.25) is 0 Å². The first-order valence-electron chi connectivity index (χ1n) is 10.2. The molecule has 2 amide bonds. The van der Waals surface area contributed by atoms with Gasteiger partial charge in [-0.2, -0.15) is 0 Å². The molecule has 2 aromatic carbocycles. The molecule has 4 rings (SSSR count). The summed E-state index contributed by atoms with van der Waals surface area (Å²) in [6.45, 7) is 8.82. The first kappa shape index (κ1) is 20.5. The summed E-state index contributed by atoms with van der Waals surface area (Å²) in [5.41, 5.74) is 11.0. The molecule has 31 heavy (non-hydrogen) atoms. The molecule has 0 aliphatic carbocycles. The summed E-state index contributed by atoms with van der Waals surface area (Å²) >= 11 is 0. The third kappa shape index (κ3) is 3.86. The zero-order chi connectivity index (χ0) is 22.1. The number of carbonyl (C=O) groups excluding carboxylic acids is 2. The van der Waals surface area contributed by atoms with Crippen LogP contribution in [0.25, 0.3) is 22.0 Å². The smallest absolute Gasteiger partial charge is 0.246 e. The Hall–Kier alpha value is -3.74. The fraction of sp³-hybridized carbons (Fsp3) is 0.250. The molecule has 1 saturated heterocycles. The van der Waals surface area contributed by atoms with E-state index in [0.717, 1.165) is 33.4 Å². The van der Waals surface area contributed by atoms with E-state index in [4.69, 9.17) is 5.73 Å². The quantitative estimate of drug-likeness (QED) is 0.661. The van der Waals surface area contributed by atoms with Crippen molar-refractivity contribution in [1.82, 2.24) is 14.9 Å². The Bertz CT molecular complexity index is 1170. The lowest BCUT2D eigenvalue weighted by Gasteiger charge is -2.40. The molecule has 0 bridgehead atoms. The average Bonchev–Trinajstić information content (AvgIpc) is 2.78. The molecule has 3 aromatic rings. The van der Waals surface area contributed by atoms with Gasteiger partial charge in [0, 0.05) is 25.0 Å². The minimum Gasteiger partial charge on any atom is -0.368 e. The van der Waals surface area contributed by atoms with Crippen molar-refractivity contribution in [3.63, 3.8) is 0 Å². The highest BCUT2D eigenvalue weighted by molar-refractivity contribution is 5.96. The summed E-state index contributed by atoms with van der Waals surface area (Å²) in [6.07, 6.45) is 2.74. The standard InChI is InChI=1S/C24H25N5O2/c1-4-22(30)29-10-9-28(13-21(29)23(25)31)24-19-12-18(17-7-5-15(2)6-8-17)16(3)11-20(19)26-14-27-24/h4-8,11-12,14,21H,1,9-10,13H2,2-3H3,(H2,25,31)/t21-/m1/s1. The molecule has 2 N–H and O–H groups in total. The Labute approximate surface area is 181 Å². The molecule has 0 saturated carbocycles. The topological polar surface area (TPSA) is 92.4 Å². The lowest BCUT2D eigenvalue weighted by Crippen LogP contribution is -2.59. The van der Waals surface area contributed by atoms with Crippen LogP contribution < -0.4 is 10.6 Å². The van der Waals surface area contributed by atoms with Crippen LogP contribution in [0.3, 0.4) is 0 Å². The number of hydrogen-bond donors (Lipinski definition) is 1. The van der Waals surface area contributed by atoms with Crippen LogP contribution in [-0.4, -0.2) is 52.4 Å². The van der Waals surface area contributed by atoms with Crippen molar-refractivity contribution in [1.29, 1.82) is 0 Å². The number of primary amides is 1. The molecule has 2 heterocycles. The van der Waals surface area contributed by atoms with E-state index in [9.17, 15) is 9.59 Å². The van der Waals surface area contributed by atoms with Crippen LogP contribution in [0.15, 0.2) is 55.4 Å². The monoisotopic (exact) mass is 415 g/mol. The summed E-state index contributed by atoms with van der Waals surface area (Å²) in [7, 11) is 0. The minimum atomic E-state index is -0.744.